The average Bonchev–Trinajstić information content (AvgIpc) is 3.56. The Morgan fingerprint density at radius 3 is 2.60 bits per heavy atom. The van der Waals surface area contributed by atoms with Crippen LogP contribution in [0.2, 0.25) is 0 Å². The zero-order valence-corrected chi connectivity index (χ0v) is 27.3. The molecule has 0 radical (unpaired) electrons. The van der Waals surface area contributed by atoms with E-state index in [0.29, 0.717) is 44.9 Å². The summed E-state index contributed by atoms with van der Waals surface area (Å²) >= 11 is 1.66. The average molecular weight is 633 g/mol. The summed E-state index contributed by atoms with van der Waals surface area (Å²) in [5, 5.41) is 4.58. The molecular formula is C33H40N6O5S. The lowest BCUT2D eigenvalue weighted by molar-refractivity contribution is -0.147. The van der Waals surface area contributed by atoms with Gasteiger partial charge in [-0.3, -0.25) is 9.79 Å². The summed E-state index contributed by atoms with van der Waals surface area (Å²) in [6, 6.07) is 4.09. The Kier molecular flexibility index (Phi) is 7.67. The number of nitrogens with one attached hydrogen (secondary N) is 1. The van der Waals surface area contributed by atoms with Crippen LogP contribution in [0.3, 0.4) is 0 Å². The van der Waals surface area contributed by atoms with Gasteiger partial charge in [-0.1, -0.05) is 0 Å². The molecule has 238 valence electrons. The number of hydrogen-bond donors (Lipinski definition) is 1. The van der Waals surface area contributed by atoms with Gasteiger partial charge < -0.3 is 29.3 Å². The van der Waals surface area contributed by atoms with E-state index in [1.54, 1.807) is 22.6 Å². The smallest absolute Gasteiger partial charge is 0.410 e. The zero-order valence-electron chi connectivity index (χ0n) is 26.5. The van der Waals surface area contributed by atoms with Gasteiger partial charge in [0.2, 0.25) is 5.91 Å². The topological polar surface area (TPSA) is 118 Å². The van der Waals surface area contributed by atoms with E-state index in [1.165, 1.54) is 10.4 Å². The fraction of sp³-hybridized carbons (Fsp3) is 0.545. The molecule has 0 saturated carbocycles. The van der Waals surface area contributed by atoms with E-state index in [4.69, 9.17) is 14.2 Å². The number of fused-ring (bicyclic) bond motifs is 4. The number of carbonyl (C=O) groups excluding carboxylic acids is 2. The van der Waals surface area contributed by atoms with Crippen LogP contribution >= 0.6 is 11.3 Å². The molecule has 11 nitrogen and oxygen atoms in total. The molecule has 1 aliphatic carbocycles. The zero-order chi connectivity index (χ0) is 31.5. The molecule has 0 spiro atoms. The van der Waals surface area contributed by atoms with Crippen LogP contribution in [-0.4, -0.2) is 88.1 Å². The van der Waals surface area contributed by atoms with Crippen LogP contribution in [0.1, 0.15) is 62.6 Å². The lowest BCUT2D eigenvalue weighted by Gasteiger charge is -2.39. The number of aryl methyl sites for hydroxylation is 1. The van der Waals surface area contributed by atoms with E-state index in [2.05, 4.69) is 26.3 Å². The van der Waals surface area contributed by atoms with Gasteiger partial charge in [0, 0.05) is 30.1 Å². The van der Waals surface area contributed by atoms with Crippen molar-refractivity contribution in [2.45, 2.75) is 84.3 Å². The van der Waals surface area contributed by atoms with Crippen molar-refractivity contribution in [2.75, 3.05) is 31.5 Å². The number of benzene rings is 1. The highest BCUT2D eigenvalue weighted by molar-refractivity contribution is 7.19. The number of hydrogen-bond acceptors (Lipinski definition) is 10. The molecule has 7 rings (SSSR count). The number of aromatic nitrogens is 2. The van der Waals surface area contributed by atoms with Crippen LogP contribution in [0.25, 0.3) is 10.2 Å². The maximum atomic E-state index is 13.5. The van der Waals surface area contributed by atoms with Gasteiger partial charge in [0.25, 0.3) is 0 Å². The molecule has 2 saturated heterocycles. The highest BCUT2D eigenvalue weighted by atomic mass is 32.1. The molecule has 1 N–H and O–H groups in total. The first-order chi connectivity index (χ1) is 21.5. The van der Waals surface area contributed by atoms with E-state index in [1.807, 2.05) is 51.8 Å². The molecule has 3 aromatic rings. The third-order valence-corrected chi connectivity index (χ3v) is 9.87. The number of rotatable bonds is 5. The van der Waals surface area contributed by atoms with Crippen molar-refractivity contribution in [3.05, 3.63) is 40.0 Å². The Morgan fingerprint density at radius 1 is 1.07 bits per heavy atom. The predicted molar refractivity (Wildman–Crippen MR) is 173 cm³/mol. The first-order valence-electron chi connectivity index (χ1n) is 15.8. The molecule has 2 aromatic heterocycles. The normalized spacial score (nSPS) is 23.0. The number of thiophene rings is 1. The molecule has 1 aromatic carbocycles. The molecular weight excluding hydrogens is 592 g/mol. The number of likely N-dealkylation sites (tertiary alicyclic amines) is 1. The quantitative estimate of drug-likeness (QED) is 0.413. The van der Waals surface area contributed by atoms with Gasteiger partial charge in [-0.05, 0) is 82.7 Å². The molecule has 0 unspecified atom stereocenters. The molecule has 4 aliphatic rings. The Hall–Kier alpha value is -3.77. The van der Waals surface area contributed by atoms with E-state index < -0.39 is 5.60 Å². The first-order valence-corrected chi connectivity index (χ1v) is 16.6. The fourth-order valence-corrected chi connectivity index (χ4v) is 7.93. The minimum Gasteiger partial charge on any atom is -0.485 e. The van der Waals surface area contributed by atoms with Crippen LogP contribution in [0.15, 0.2) is 23.5 Å². The van der Waals surface area contributed by atoms with Crippen LogP contribution in [-0.2, 0) is 33.7 Å². The Balaban J connectivity index is 1.11. The summed E-state index contributed by atoms with van der Waals surface area (Å²) in [4.78, 5) is 45.5. The monoisotopic (exact) mass is 632 g/mol. The SMILES string of the molecule is C[C@@H]1CN(C(=O)[C@H]2CCc3c(sc4ncnc(Nc5cc6c(cc5OC5CN(C(=O)OC(C)(C)C)C5)CN=C6)c34)C2)C[C@H](C)O1. The Bertz CT molecular complexity index is 1670. The van der Waals surface area contributed by atoms with Crippen molar-refractivity contribution in [3.63, 3.8) is 0 Å². The third kappa shape index (κ3) is 6.09. The molecule has 3 atom stereocenters. The van der Waals surface area contributed by atoms with Crippen molar-refractivity contribution in [1.29, 1.82) is 0 Å². The number of carbonyl (C=O) groups is 2. The van der Waals surface area contributed by atoms with Crippen molar-refractivity contribution >= 4 is 51.3 Å². The minimum atomic E-state index is -0.541. The van der Waals surface area contributed by atoms with Crippen LogP contribution in [0.4, 0.5) is 16.3 Å². The number of morpholine rings is 1. The fourth-order valence-electron chi connectivity index (χ4n) is 6.66. The van der Waals surface area contributed by atoms with E-state index >= 15 is 0 Å². The molecule has 12 heteroatoms. The predicted octanol–water partition coefficient (Wildman–Crippen LogP) is 5.11. The van der Waals surface area contributed by atoms with Crippen molar-refractivity contribution < 1.29 is 23.8 Å². The maximum Gasteiger partial charge on any atom is 0.410 e. The Morgan fingerprint density at radius 2 is 1.84 bits per heavy atom. The number of aliphatic imine (C=N–C) groups is 1. The number of amides is 2. The lowest BCUT2D eigenvalue weighted by atomic mass is 9.86. The van der Waals surface area contributed by atoms with Gasteiger partial charge in [0.1, 0.15) is 34.4 Å². The number of nitrogens with zero attached hydrogens (tertiary/aromatic N) is 5. The highest BCUT2D eigenvalue weighted by Gasteiger charge is 2.37. The second-order valence-corrected chi connectivity index (χ2v) is 14.7. The second-order valence-electron chi connectivity index (χ2n) is 13.6. The molecule has 0 bridgehead atoms. The summed E-state index contributed by atoms with van der Waals surface area (Å²) in [6.45, 7) is 12.5. The second kappa shape index (κ2) is 11.5. The van der Waals surface area contributed by atoms with Crippen molar-refractivity contribution in [2.24, 2.45) is 10.9 Å². The van der Waals surface area contributed by atoms with Gasteiger partial charge in [-0.2, -0.15) is 0 Å². The summed E-state index contributed by atoms with van der Waals surface area (Å²) in [6.07, 6.45) is 5.41. The third-order valence-electron chi connectivity index (χ3n) is 8.71. The van der Waals surface area contributed by atoms with E-state index in [9.17, 15) is 9.59 Å². The van der Waals surface area contributed by atoms with Gasteiger partial charge in [-0.15, -0.1) is 11.3 Å². The minimum absolute atomic E-state index is 0.0360. The number of ether oxygens (including phenoxy) is 3. The number of anilines is 2. The van der Waals surface area contributed by atoms with Crippen molar-refractivity contribution in [3.8, 4) is 5.75 Å². The summed E-state index contributed by atoms with van der Waals surface area (Å²) in [5.74, 6) is 1.61. The van der Waals surface area contributed by atoms with E-state index in [-0.39, 0.29) is 36.2 Å². The molecule has 2 amide bonds. The van der Waals surface area contributed by atoms with Gasteiger partial charge >= 0.3 is 6.09 Å². The standard InChI is InChI=1S/C33H40N6O5S/c1-18-13-38(14-19(2)42-18)31(40)20-6-7-24-27(10-20)45-30-28(24)29(35-17-36-30)37-25-8-21-11-34-12-22(21)9-26(25)43-23-15-39(16-23)32(41)44-33(3,4)5/h8-9,11,17-20,23H,6-7,10,12-16H2,1-5H3,(H,35,36,37)/t18-,19+,20-/m0/s1. The molecule has 45 heavy (non-hydrogen) atoms. The van der Waals surface area contributed by atoms with Gasteiger partial charge in [0.05, 0.1) is 42.9 Å². The van der Waals surface area contributed by atoms with Crippen LogP contribution < -0.4 is 10.1 Å². The van der Waals surface area contributed by atoms with Gasteiger partial charge in [0.15, 0.2) is 0 Å². The highest BCUT2D eigenvalue weighted by Crippen LogP contribution is 2.42. The Labute approximate surface area is 267 Å². The summed E-state index contributed by atoms with van der Waals surface area (Å²) < 4.78 is 17.8. The molecule has 2 fully saturated rings. The van der Waals surface area contributed by atoms with E-state index in [0.717, 1.165) is 45.7 Å². The summed E-state index contributed by atoms with van der Waals surface area (Å²) in [5.41, 5.74) is 3.61. The van der Waals surface area contributed by atoms with Crippen LogP contribution in [0, 0.1) is 5.92 Å². The molecule has 5 heterocycles. The molecule has 3 aliphatic heterocycles. The largest absolute Gasteiger partial charge is 0.485 e. The van der Waals surface area contributed by atoms with Crippen LogP contribution in [0.5, 0.6) is 5.75 Å². The lowest BCUT2D eigenvalue weighted by Crippen LogP contribution is -2.57. The summed E-state index contributed by atoms with van der Waals surface area (Å²) in [7, 11) is 0. The van der Waals surface area contributed by atoms with Gasteiger partial charge in [-0.25, -0.2) is 14.8 Å². The van der Waals surface area contributed by atoms with Crippen molar-refractivity contribution in [1.82, 2.24) is 19.8 Å². The maximum absolute atomic E-state index is 13.5. The first kappa shape index (κ1) is 29.9.